The fourth-order valence-electron chi connectivity index (χ4n) is 3.68. The maximum atomic E-state index is 12.3. The predicted octanol–water partition coefficient (Wildman–Crippen LogP) is 3.21. The van der Waals surface area contributed by atoms with Gasteiger partial charge in [-0.1, -0.05) is 68.9 Å². The molecule has 1 aliphatic carbocycles. The van der Waals surface area contributed by atoms with Crippen molar-refractivity contribution in [3.05, 3.63) is 35.9 Å². The number of carbonyl (C=O) groups excluding carboxylic acids is 1. The first-order valence-electron chi connectivity index (χ1n) is 9.75. The largest absolute Gasteiger partial charge is 0.451 e. The zero-order chi connectivity index (χ0) is 18.8. The van der Waals surface area contributed by atoms with Crippen molar-refractivity contribution in [1.82, 2.24) is 4.90 Å². The highest BCUT2D eigenvalue weighted by atomic mass is 16.5. The zero-order valence-electron chi connectivity index (χ0n) is 16.0. The van der Waals surface area contributed by atoms with Gasteiger partial charge in [0.2, 0.25) is 0 Å². The van der Waals surface area contributed by atoms with Crippen molar-refractivity contribution < 1.29 is 14.6 Å². The lowest BCUT2D eigenvalue weighted by molar-refractivity contribution is -0.156. The van der Waals surface area contributed by atoms with Crippen molar-refractivity contribution in [2.24, 2.45) is 5.92 Å². The molecule has 0 spiro atoms. The summed E-state index contributed by atoms with van der Waals surface area (Å²) in [6.07, 6.45) is 2.95. The van der Waals surface area contributed by atoms with Crippen LogP contribution in [0.3, 0.4) is 0 Å². The Balaban J connectivity index is 1.88. The van der Waals surface area contributed by atoms with E-state index < -0.39 is 12.1 Å². The van der Waals surface area contributed by atoms with E-state index in [9.17, 15) is 9.90 Å². The van der Waals surface area contributed by atoms with Crippen molar-refractivity contribution in [1.29, 1.82) is 0 Å². The Bertz CT molecular complexity index is 601. The quantitative estimate of drug-likeness (QED) is 0.601. The minimum Gasteiger partial charge on any atom is -0.451 e. The Morgan fingerprint density at radius 1 is 1.19 bits per heavy atom. The fraction of sp³-hybridized carbons (Fsp3) is 0.591. The summed E-state index contributed by atoms with van der Waals surface area (Å²) in [5, 5.41) is 10.6. The number of aliphatic hydroxyl groups excluding tert-OH is 1. The Labute approximate surface area is 157 Å². The second-order valence-corrected chi connectivity index (χ2v) is 6.83. The second-order valence-electron chi connectivity index (χ2n) is 6.83. The number of carbonyl (C=O) groups is 1. The summed E-state index contributed by atoms with van der Waals surface area (Å²) in [7, 11) is 0. The number of hydrogen-bond acceptors (Lipinski definition) is 4. The fourth-order valence-corrected chi connectivity index (χ4v) is 3.68. The number of ether oxygens (including phenoxy) is 1. The topological polar surface area (TPSA) is 49.8 Å². The molecule has 4 heteroatoms. The molecule has 4 nitrogen and oxygen atoms in total. The molecule has 0 heterocycles. The van der Waals surface area contributed by atoms with Crippen LogP contribution in [-0.2, 0) is 9.53 Å². The molecular weight excluding hydrogens is 326 g/mol. The summed E-state index contributed by atoms with van der Waals surface area (Å²) in [5.41, 5.74) is 1.20. The van der Waals surface area contributed by atoms with E-state index in [1.54, 1.807) is 0 Å². The van der Waals surface area contributed by atoms with Gasteiger partial charge in [-0.3, -0.25) is 4.90 Å². The van der Waals surface area contributed by atoms with Gasteiger partial charge in [-0.2, -0.15) is 0 Å². The monoisotopic (exact) mass is 357 g/mol. The van der Waals surface area contributed by atoms with E-state index in [1.807, 2.05) is 18.2 Å². The van der Waals surface area contributed by atoms with Crippen LogP contribution in [0, 0.1) is 17.8 Å². The van der Waals surface area contributed by atoms with E-state index >= 15 is 0 Å². The van der Waals surface area contributed by atoms with E-state index in [4.69, 9.17) is 4.74 Å². The van der Waals surface area contributed by atoms with Gasteiger partial charge < -0.3 is 9.84 Å². The molecule has 142 valence electrons. The van der Waals surface area contributed by atoms with Crippen LogP contribution >= 0.6 is 0 Å². The van der Waals surface area contributed by atoms with Crippen LogP contribution in [-0.4, -0.2) is 48.3 Å². The van der Waals surface area contributed by atoms with Gasteiger partial charge in [-0.15, -0.1) is 0 Å². The first-order chi connectivity index (χ1) is 12.7. The molecule has 1 N–H and O–H groups in total. The Morgan fingerprint density at radius 2 is 1.88 bits per heavy atom. The summed E-state index contributed by atoms with van der Waals surface area (Å²) in [4.78, 5) is 14.5. The van der Waals surface area contributed by atoms with Crippen LogP contribution in [0.4, 0.5) is 0 Å². The molecule has 0 amide bonds. The highest BCUT2D eigenvalue weighted by Crippen LogP contribution is 2.39. The second kappa shape index (κ2) is 11.0. The number of aliphatic hydroxyl groups is 1. The smallest absolute Gasteiger partial charge is 0.336 e. The normalized spacial score (nSPS) is 20.9. The summed E-state index contributed by atoms with van der Waals surface area (Å²) < 4.78 is 5.21. The highest BCUT2D eigenvalue weighted by molar-refractivity contribution is 5.75. The first-order valence-corrected chi connectivity index (χ1v) is 9.75. The molecule has 0 bridgehead atoms. The molecule has 3 atom stereocenters. The molecule has 0 radical (unpaired) electrons. The number of benzene rings is 1. The molecule has 0 saturated heterocycles. The lowest BCUT2D eigenvalue weighted by Crippen LogP contribution is -2.36. The molecule has 26 heavy (non-hydrogen) atoms. The maximum Gasteiger partial charge on any atom is 0.336 e. The van der Waals surface area contributed by atoms with Crippen LogP contribution in [0.25, 0.3) is 0 Å². The third kappa shape index (κ3) is 5.86. The van der Waals surface area contributed by atoms with Crippen LogP contribution in [0.5, 0.6) is 0 Å². The molecule has 0 aliphatic heterocycles. The average molecular weight is 357 g/mol. The lowest BCUT2D eigenvalue weighted by atomic mass is 9.73. The van der Waals surface area contributed by atoms with E-state index in [0.29, 0.717) is 6.54 Å². The van der Waals surface area contributed by atoms with Crippen molar-refractivity contribution in [3.8, 4) is 11.8 Å². The van der Waals surface area contributed by atoms with Gasteiger partial charge in [0.05, 0.1) is 6.54 Å². The first kappa shape index (κ1) is 20.5. The lowest BCUT2D eigenvalue weighted by Gasteiger charge is -2.34. The molecule has 1 aliphatic rings. The molecular formula is C22H31NO3. The molecule has 0 aromatic heterocycles. The molecule has 1 fully saturated rings. The molecule has 1 aromatic carbocycles. The Kier molecular flexibility index (Phi) is 8.67. The standard InChI is InChI=1S/C22H31NO3/c1-3-23(4-2)16-10-11-17-26-22(25)21(24)20-15-9-8-14-19(20)18-12-6-5-7-13-18/h5-7,12-13,19-21,24H,3-4,8-9,14-17H2,1-2H3. The minimum atomic E-state index is -1.08. The van der Waals surface area contributed by atoms with Crippen molar-refractivity contribution in [3.63, 3.8) is 0 Å². The Morgan fingerprint density at radius 3 is 2.58 bits per heavy atom. The van der Waals surface area contributed by atoms with Gasteiger partial charge in [-0.25, -0.2) is 4.79 Å². The van der Waals surface area contributed by atoms with Gasteiger partial charge in [-0.05, 0) is 37.4 Å². The summed E-state index contributed by atoms with van der Waals surface area (Å²) in [6.45, 7) is 6.80. The zero-order valence-corrected chi connectivity index (χ0v) is 16.0. The van der Waals surface area contributed by atoms with Gasteiger partial charge in [0.25, 0.3) is 0 Å². The maximum absolute atomic E-state index is 12.3. The van der Waals surface area contributed by atoms with Gasteiger partial charge in [0.1, 0.15) is 0 Å². The number of nitrogens with zero attached hydrogens (tertiary/aromatic N) is 1. The summed E-state index contributed by atoms with van der Waals surface area (Å²) in [5.74, 6) is 5.47. The average Bonchev–Trinajstić information content (AvgIpc) is 2.70. The molecule has 1 saturated carbocycles. The summed E-state index contributed by atoms with van der Waals surface area (Å²) >= 11 is 0. The number of hydrogen-bond donors (Lipinski definition) is 1. The predicted molar refractivity (Wildman–Crippen MR) is 104 cm³/mol. The van der Waals surface area contributed by atoms with Gasteiger partial charge in [0.15, 0.2) is 12.7 Å². The minimum absolute atomic E-state index is 0.0416. The van der Waals surface area contributed by atoms with E-state index in [2.05, 4.69) is 42.7 Å². The van der Waals surface area contributed by atoms with E-state index in [1.165, 1.54) is 5.56 Å². The van der Waals surface area contributed by atoms with Crippen LogP contribution in [0.15, 0.2) is 30.3 Å². The molecule has 2 rings (SSSR count). The third-order valence-electron chi connectivity index (χ3n) is 5.30. The third-order valence-corrected chi connectivity index (χ3v) is 5.30. The van der Waals surface area contributed by atoms with E-state index in [-0.39, 0.29) is 18.4 Å². The van der Waals surface area contributed by atoms with Crippen molar-refractivity contribution >= 4 is 5.97 Å². The van der Waals surface area contributed by atoms with Gasteiger partial charge in [0, 0.05) is 5.92 Å². The van der Waals surface area contributed by atoms with Crippen LogP contribution in [0.1, 0.15) is 51.0 Å². The SMILES string of the molecule is CCN(CC)CC#CCOC(=O)C(O)C1CCCCC1c1ccccc1. The number of rotatable bonds is 7. The number of esters is 1. The van der Waals surface area contributed by atoms with Gasteiger partial charge >= 0.3 is 5.97 Å². The molecule has 3 unspecified atom stereocenters. The summed E-state index contributed by atoms with van der Waals surface area (Å²) in [6, 6.07) is 10.2. The van der Waals surface area contributed by atoms with Crippen molar-refractivity contribution in [2.75, 3.05) is 26.2 Å². The van der Waals surface area contributed by atoms with E-state index in [0.717, 1.165) is 38.8 Å². The van der Waals surface area contributed by atoms with Crippen LogP contribution in [0.2, 0.25) is 0 Å². The molecule has 1 aromatic rings. The Hall–Kier alpha value is -1.83. The van der Waals surface area contributed by atoms with Crippen LogP contribution < -0.4 is 0 Å². The van der Waals surface area contributed by atoms with Crippen molar-refractivity contribution in [2.45, 2.75) is 51.6 Å². The highest BCUT2D eigenvalue weighted by Gasteiger charge is 2.36.